The molecule has 2 N–H and O–H groups in total. The highest BCUT2D eigenvalue weighted by molar-refractivity contribution is 6.33. The van der Waals surface area contributed by atoms with Gasteiger partial charge in [-0.05, 0) is 96.3 Å². The predicted octanol–water partition coefficient (Wildman–Crippen LogP) is 13.9. The Kier molecular flexibility index (Phi) is 12.3. The molecule has 0 aliphatic heterocycles. The minimum absolute atomic E-state index is 0.00497. The van der Waals surface area contributed by atoms with Crippen molar-refractivity contribution in [2.24, 2.45) is 0 Å². The SMILES string of the molecule is CCc1cc(C)cc(CC)c1NC(C)c1cccc(C(C)Nc2c(Cl)cc(C(c3ccccc3)c3ccccc3)cc2C(c2ccccc2)c2ccccc2)n1. The van der Waals surface area contributed by atoms with Crippen LogP contribution in [0.3, 0.4) is 0 Å². The van der Waals surface area contributed by atoms with Crippen LogP contribution < -0.4 is 10.6 Å². The molecule has 0 saturated heterocycles. The molecule has 4 heteroatoms. The van der Waals surface area contributed by atoms with Crippen molar-refractivity contribution in [2.75, 3.05) is 10.6 Å². The molecule has 3 nitrogen and oxygen atoms in total. The lowest BCUT2D eigenvalue weighted by Crippen LogP contribution is -2.17. The third kappa shape index (κ3) is 8.59. The van der Waals surface area contributed by atoms with E-state index in [2.05, 4.69) is 209 Å². The van der Waals surface area contributed by atoms with Crippen molar-refractivity contribution in [3.8, 4) is 0 Å². The number of hydrogen-bond acceptors (Lipinski definition) is 3. The van der Waals surface area contributed by atoms with Crippen LogP contribution in [0, 0.1) is 6.92 Å². The van der Waals surface area contributed by atoms with Crippen LogP contribution in [0.1, 0.15) is 113 Å². The van der Waals surface area contributed by atoms with Gasteiger partial charge >= 0.3 is 0 Å². The molecule has 0 spiro atoms. The number of benzene rings is 6. The first-order valence-corrected chi connectivity index (χ1v) is 20.4. The molecule has 6 aromatic carbocycles. The van der Waals surface area contributed by atoms with Gasteiger partial charge in [0.05, 0.1) is 34.2 Å². The molecule has 282 valence electrons. The van der Waals surface area contributed by atoms with E-state index in [4.69, 9.17) is 16.6 Å². The average molecular weight is 754 g/mol. The lowest BCUT2D eigenvalue weighted by molar-refractivity contribution is 0.776. The number of aromatic nitrogens is 1. The Hall–Kier alpha value is -5.64. The second-order valence-corrected chi connectivity index (χ2v) is 15.3. The summed E-state index contributed by atoms with van der Waals surface area (Å²) in [5, 5.41) is 8.44. The molecule has 0 bridgehead atoms. The minimum atomic E-state index is -0.132. The number of nitrogens with zero attached hydrogens (tertiary/aromatic N) is 1. The molecule has 2 unspecified atom stereocenters. The van der Waals surface area contributed by atoms with Gasteiger partial charge in [-0.25, -0.2) is 0 Å². The van der Waals surface area contributed by atoms with E-state index in [-0.39, 0.29) is 23.9 Å². The zero-order valence-corrected chi connectivity index (χ0v) is 33.9. The topological polar surface area (TPSA) is 37.0 Å². The van der Waals surface area contributed by atoms with Crippen LogP contribution in [0.5, 0.6) is 0 Å². The average Bonchev–Trinajstić information content (AvgIpc) is 3.24. The van der Waals surface area contributed by atoms with Gasteiger partial charge in [0.15, 0.2) is 0 Å². The molecule has 7 rings (SSSR count). The molecule has 0 radical (unpaired) electrons. The van der Waals surface area contributed by atoms with Crippen LogP contribution in [0.4, 0.5) is 11.4 Å². The Morgan fingerprint density at radius 2 is 0.893 bits per heavy atom. The Morgan fingerprint density at radius 1 is 0.482 bits per heavy atom. The number of aryl methyl sites for hydroxylation is 3. The zero-order valence-electron chi connectivity index (χ0n) is 33.1. The second-order valence-electron chi connectivity index (χ2n) is 14.9. The molecule has 56 heavy (non-hydrogen) atoms. The van der Waals surface area contributed by atoms with Gasteiger partial charge in [-0.2, -0.15) is 0 Å². The first-order valence-electron chi connectivity index (χ1n) is 20.0. The first kappa shape index (κ1) is 38.6. The van der Waals surface area contributed by atoms with E-state index in [1.54, 1.807) is 0 Å². The zero-order chi connectivity index (χ0) is 39.0. The largest absolute Gasteiger partial charge is 0.377 e. The summed E-state index contributed by atoms with van der Waals surface area (Å²) in [6.45, 7) is 11.0. The third-order valence-corrected chi connectivity index (χ3v) is 11.2. The lowest BCUT2D eigenvalue weighted by Gasteiger charge is -2.28. The molecule has 1 heterocycles. The van der Waals surface area contributed by atoms with Gasteiger partial charge in [-0.1, -0.05) is 177 Å². The number of anilines is 2. The van der Waals surface area contributed by atoms with Crippen molar-refractivity contribution in [3.05, 3.63) is 230 Å². The number of nitrogens with one attached hydrogen (secondary N) is 2. The van der Waals surface area contributed by atoms with E-state index in [1.807, 2.05) is 0 Å². The molecular weight excluding hydrogens is 702 g/mol. The van der Waals surface area contributed by atoms with Gasteiger partial charge in [-0.15, -0.1) is 0 Å². The molecule has 1 aromatic heterocycles. The Labute approximate surface area is 338 Å². The standard InChI is InChI=1S/C52H52ClN3/c1-6-38-31-35(3)32-39(7-2)51(38)54-36(4)47-29-20-30-48(56-47)37(5)55-52-45(50(42-25-16-10-17-26-42)43-27-18-11-19-28-43)33-44(34-46(52)53)49(40-21-12-8-13-22-40)41-23-14-9-15-24-41/h8-34,36-37,49-50,54-55H,6-7H2,1-5H3. The summed E-state index contributed by atoms with van der Waals surface area (Å²) in [5.74, 6) is -0.0788. The van der Waals surface area contributed by atoms with Crippen molar-refractivity contribution in [2.45, 2.75) is 71.4 Å². The highest BCUT2D eigenvalue weighted by atomic mass is 35.5. The summed E-state index contributed by atoms with van der Waals surface area (Å²) < 4.78 is 0. The highest BCUT2D eigenvalue weighted by Crippen LogP contribution is 2.44. The second kappa shape index (κ2) is 17.9. The summed E-state index contributed by atoms with van der Waals surface area (Å²) in [6.07, 6.45) is 1.95. The quantitative estimate of drug-likeness (QED) is 0.109. The van der Waals surface area contributed by atoms with Crippen LogP contribution in [0.2, 0.25) is 5.02 Å². The number of halogens is 1. The summed E-state index contributed by atoms with van der Waals surface area (Å²) in [5.41, 5.74) is 15.2. The molecular formula is C52H52ClN3. The molecule has 0 aliphatic carbocycles. The van der Waals surface area contributed by atoms with Crippen LogP contribution in [0.25, 0.3) is 0 Å². The van der Waals surface area contributed by atoms with Crippen molar-refractivity contribution < 1.29 is 0 Å². The van der Waals surface area contributed by atoms with E-state index in [0.717, 1.165) is 41.0 Å². The fraction of sp³-hybridized carbons (Fsp3) is 0.212. The van der Waals surface area contributed by atoms with Crippen LogP contribution >= 0.6 is 11.6 Å². The number of hydrogen-bond donors (Lipinski definition) is 2. The fourth-order valence-corrected chi connectivity index (χ4v) is 8.41. The molecule has 0 fully saturated rings. The first-order chi connectivity index (χ1) is 27.3. The summed E-state index contributed by atoms with van der Waals surface area (Å²) in [4.78, 5) is 5.27. The monoisotopic (exact) mass is 753 g/mol. The Balaban J connectivity index is 1.32. The van der Waals surface area contributed by atoms with Gasteiger partial charge in [0, 0.05) is 17.5 Å². The minimum Gasteiger partial charge on any atom is -0.377 e. The van der Waals surface area contributed by atoms with Gasteiger partial charge in [-0.3, -0.25) is 4.98 Å². The van der Waals surface area contributed by atoms with Crippen molar-refractivity contribution in [1.29, 1.82) is 0 Å². The van der Waals surface area contributed by atoms with E-state index in [9.17, 15) is 0 Å². The highest BCUT2D eigenvalue weighted by Gasteiger charge is 2.27. The summed E-state index contributed by atoms with van der Waals surface area (Å²) >= 11 is 7.55. The Morgan fingerprint density at radius 3 is 1.32 bits per heavy atom. The van der Waals surface area contributed by atoms with Crippen molar-refractivity contribution >= 4 is 23.0 Å². The number of rotatable bonds is 14. The van der Waals surface area contributed by atoms with E-state index in [0.29, 0.717) is 5.02 Å². The predicted molar refractivity (Wildman–Crippen MR) is 237 cm³/mol. The molecule has 0 saturated carbocycles. The van der Waals surface area contributed by atoms with Crippen LogP contribution in [-0.4, -0.2) is 4.98 Å². The van der Waals surface area contributed by atoms with Gasteiger partial charge < -0.3 is 10.6 Å². The van der Waals surface area contributed by atoms with Crippen molar-refractivity contribution in [3.63, 3.8) is 0 Å². The fourth-order valence-electron chi connectivity index (χ4n) is 8.12. The molecule has 0 amide bonds. The summed E-state index contributed by atoms with van der Waals surface area (Å²) in [7, 11) is 0. The van der Waals surface area contributed by atoms with E-state index < -0.39 is 0 Å². The van der Waals surface area contributed by atoms with Crippen LogP contribution in [0.15, 0.2) is 164 Å². The Bertz CT molecular complexity index is 2240. The van der Waals surface area contributed by atoms with Gasteiger partial charge in [0.2, 0.25) is 0 Å². The lowest BCUT2D eigenvalue weighted by atomic mass is 9.79. The maximum absolute atomic E-state index is 7.55. The maximum atomic E-state index is 7.55. The van der Waals surface area contributed by atoms with Gasteiger partial charge in [0.25, 0.3) is 0 Å². The number of pyridine rings is 1. The third-order valence-electron chi connectivity index (χ3n) is 10.9. The smallest absolute Gasteiger partial charge is 0.0657 e. The molecule has 2 atom stereocenters. The van der Waals surface area contributed by atoms with E-state index >= 15 is 0 Å². The normalized spacial score (nSPS) is 12.4. The van der Waals surface area contributed by atoms with Gasteiger partial charge in [0.1, 0.15) is 0 Å². The summed E-state index contributed by atoms with van der Waals surface area (Å²) in [6, 6.07) is 58.4. The van der Waals surface area contributed by atoms with Crippen molar-refractivity contribution in [1.82, 2.24) is 4.98 Å². The van der Waals surface area contributed by atoms with Crippen LogP contribution in [-0.2, 0) is 12.8 Å². The molecule has 7 aromatic rings. The molecule has 0 aliphatic rings. The van der Waals surface area contributed by atoms with E-state index in [1.165, 1.54) is 44.6 Å². The maximum Gasteiger partial charge on any atom is 0.0657 e.